The summed E-state index contributed by atoms with van der Waals surface area (Å²) in [6.07, 6.45) is 12.7. The summed E-state index contributed by atoms with van der Waals surface area (Å²) >= 11 is 0. The Balaban J connectivity index is 0.870. The van der Waals surface area contributed by atoms with E-state index in [1.807, 2.05) is 35.2 Å². The summed E-state index contributed by atoms with van der Waals surface area (Å²) < 4.78 is 0. The molecule has 3 aromatic rings. The summed E-state index contributed by atoms with van der Waals surface area (Å²) in [6.45, 7) is 9.69. The number of benzene rings is 1. The van der Waals surface area contributed by atoms with Gasteiger partial charge in [0, 0.05) is 56.4 Å². The second kappa shape index (κ2) is 15.5. The zero-order chi connectivity index (χ0) is 42.0. The predicted octanol–water partition coefficient (Wildman–Crippen LogP) is 5.69. The Labute approximate surface area is 356 Å². The molecule has 1 N–H and O–H groups in total. The van der Waals surface area contributed by atoms with Gasteiger partial charge in [0.25, 0.3) is 17.7 Å². The monoisotopic (exact) mass is 823 g/mol. The number of rotatable bonds is 7. The molecule has 2 aromatic heterocycles. The number of aromatic nitrogens is 2. The summed E-state index contributed by atoms with van der Waals surface area (Å²) in [7, 11) is 0. The zero-order valence-corrected chi connectivity index (χ0v) is 35.1. The van der Waals surface area contributed by atoms with Gasteiger partial charge < -0.3 is 14.7 Å². The lowest BCUT2D eigenvalue weighted by Crippen LogP contribution is -2.54. The van der Waals surface area contributed by atoms with Gasteiger partial charge in [-0.3, -0.25) is 44.1 Å². The molecular weight excluding hydrogens is 771 g/mol. The number of piperidine rings is 2. The quantitative estimate of drug-likeness (QED) is 0.233. The first-order chi connectivity index (χ1) is 29.6. The van der Waals surface area contributed by atoms with Crippen molar-refractivity contribution in [1.29, 1.82) is 0 Å². The van der Waals surface area contributed by atoms with Crippen molar-refractivity contribution in [1.82, 2.24) is 20.2 Å². The highest BCUT2D eigenvalue weighted by Crippen LogP contribution is 2.46. The van der Waals surface area contributed by atoms with Crippen molar-refractivity contribution in [3.8, 4) is 0 Å². The Morgan fingerprint density at radius 2 is 1.61 bits per heavy atom. The summed E-state index contributed by atoms with van der Waals surface area (Å²) in [5, 5.41) is 2.27. The Hall–Kier alpha value is -5.92. The molecule has 5 amide bonds. The lowest BCUT2D eigenvalue weighted by atomic mass is 9.77. The molecule has 10 rings (SSSR count). The molecule has 316 valence electrons. The molecule has 0 saturated carbocycles. The molecule has 0 radical (unpaired) electrons. The van der Waals surface area contributed by atoms with E-state index in [-0.39, 0.29) is 29.7 Å². The second-order valence-corrected chi connectivity index (χ2v) is 18.0. The Morgan fingerprint density at radius 1 is 0.803 bits per heavy atom. The first-order valence-corrected chi connectivity index (χ1v) is 22.2. The van der Waals surface area contributed by atoms with E-state index in [2.05, 4.69) is 46.0 Å². The van der Waals surface area contributed by atoms with E-state index in [1.165, 1.54) is 0 Å². The molecule has 9 heterocycles. The van der Waals surface area contributed by atoms with Crippen molar-refractivity contribution in [2.24, 2.45) is 16.3 Å². The molecule has 0 bridgehead atoms. The van der Waals surface area contributed by atoms with Crippen LogP contribution >= 0.6 is 0 Å². The average Bonchev–Trinajstić information content (AvgIpc) is 4.02. The highest BCUT2D eigenvalue weighted by Gasteiger charge is 2.46. The number of fused-ring (bicyclic) bond motifs is 2. The molecule has 4 saturated heterocycles. The van der Waals surface area contributed by atoms with Gasteiger partial charge in [-0.1, -0.05) is 25.1 Å². The van der Waals surface area contributed by atoms with Crippen molar-refractivity contribution in [3.05, 3.63) is 82.6 Å². The number of nitrogens with zero attached hydrogens (tertiary/aromatic N) is 8. The minimum absolute atomic E-state index is 0.0399. The van der Waals surface area contributed by atoms with Crippen LogP contribution in [0, 0.1) is 11.3 Å². The van der Waals surface area contributed by atoms with Crippen LogP contribution in [-0.2, 0) is 16.1 Å². The fraction of sp³-hybridized carbons (Fsp3) is 0.489. The minimum atomic E-state index is -0.990. The van der Waals surface area contributed by atoms with Gasteiger partial charge >= 0.3 is 0 Å². The highest BCUT2D eigenvalue weighted by atomic mass is 16.2. The number of carbonyl (C=O) groups is 5. The largest absolute Gasteiger partial charge is 0.371 e. The number of imide groups is 2. The van der Waals surface area contributed by atoms with Crippen molar-refractivity contribution < 1.29 is 24.0 Å². The molecular formula is C47H53N9O5. The van der Waals surface area contributed by atoms with Crippen LogP contribution in [0.15, 0.2) is 59.6 Å². The maximum Gasteiger partial charge on any atom is 0.262 e. The molecule has 0 aliphatic carbocycles. The third-order valence-corrected chi connectivity index (χ3v) is 14.5. The first kappa shape index (κ1) is 39.2. The number of aliphatic imine (C=N–C) groups is 1. The van der Waals surface area contributed by atoms with Gasteiger partial charge in [0.2, 0.25) is 11.8 Å². The minimum Gasteiger partial charge on any atom is -0.371 e. The Bertz CT molecular complexity index is 2400. The third kappa shape index (κ3) is 6.97. The zero-order valence-electron chi connectivity index (χ0n) is 35.1. The molecule has 7 aliphatic heterocycles. The lowest BCUT2D eigenvalue weighted by molar-refractivity contribution is -0.136. The van der Waals surface area contributed by atoms with E-state index in [4.69, 9.17) is 15.0 Å². The van der Waals surface area contributed by atoms with Gasteiger partial charge in [0.1, 0.15) is 23.5 Å². The van der Waals surface area contributed by atoms with Gasteiger partial charge in [0.15, 0.2) is 0 Å². The van der Waals surface area contributed by atoms with Crippen LogP contribution in [0.25, 0.3) is 0 Å². The van der Waals surface area contributed by atoms with Gasteiger partial charge in [-0.25, -0.2) is 9.97 Å². The molecule has 2 unspecified atom stereocenters. The number of hydrogen-bond acceptors (Lipinski definition) is 11. The molecule has 14 nitrogen and oxygen atoms in total. The smallest absolute Gasteiger partial charge is 0.262 e. The van der Waals surface area contributed by atoms with E-state index in [9.17, 15) is 24.0 Å². The standard InChI is InChI=1S/C47H53N9O5/c1-3-30-8-5-20-48-36(14-11-30)37-9-4-10-39(49-37)55-27-35-34(44(55)59)26-40(54-21-6-7-29(54)2)50-42(35)53-24-19-47(28-53)17-22-52(23-18-47)31-12-13-32-33(25-31)46(61)56(45(32)60)38-15-16-41(57)51-43(38)58/h4-5,8-10,12-13,25-26,29-30,38H,3,6-7,11,14-24,27-28H2,1-2H3,(H,51,57,58)/b8-5+,48-36?/t29-,30?,38?/m1/s1. The van der Waals surface area contributed by atoms with Gasteiger partial charge in [-0.05, 0) is 112 Å². The van der Waals surface area contributed by atoms with Gasteiger partial charge in [-0.15, -0.1) is 0 Å². The summed E-state index contributed by atoms with van der Waals surface area (Å²) in [5.74, 6) is 0.916. The summed E-state index contributed by atoms with van der Waals surface area (Å²) in [5.41, 5.74) is 5.03. The van der Waals surface area contributed by atoms with Gasteiger partial charge in [-0.2, -0.15) is 0 Å². The van der Waals surface area contributed by atoms with Crippen LogP contribution in [0.1, 0.15) is 120 Å². The van der Waals surface area contributed by atoms with E-state index in [1.54, 1.807) is 12.1 Å². The topological polar surface area (TPSA) is 152 Å². The Kier molecular flexibility index (Phi) is 9.98. The number of amides is 5. The predicted molar refractivity (Wildman–Crippen MR) is 232 cm³/mol. The number of pyridine rings is 2. The molecule has 3 atom stereocenters. The second-order valence-electron chi connectivity index (χ2n) is 18.0. The average molecular weight is 824 g/mol. The normalized spacial score (nSPS) is 25.5. The van der Waals surface area contributed by atoms with Crippen LogP contribution in [0.5, 0.6) is 0 Å². The third-order valence-electron chi connectivity index (χ3n) is 14.5. The molecule has 1 spiro atoms. The summed E-state index contributed by atoms with van der Waals surface area (Å²) in [6, 6.07) is 12.7. The Morgan fingerprint density at radius 3 is 2.38 bits per heavy atom. The molecule has 7 aliphatic rings. The van der Waals surface area contributed by atoms with E-state index >= 15 is 0 Å². The van der Waals surface area contributed by atoms with E-state index in [0.717, 1.165) is 123 Å². The fourth-order valence-corrected chi connectivity index (χ4v) is 10.8. The number of hydrogen-bond donors (Lipinski definition) is 1. The SMILES string of the molecule is CCC1/C=C/CN=C(c2cccc(N3Cc4c(cc(N5CCC[C@H]5C)nc4N4CCC5(CCN(c6ccc7c(c6)C(=O)N(C6CCC(=O)NC6=O)C7=O)CC5)C4)C3=O)n2)CC1. The van der Waals surface area contributed by atoms with Crippen LogP contribution in [-0.4, -0.2) is 101 Å². The van der Waals surface area contributed by atoms with Crippen molar-refractivity contribution in [2.45, 2.75) is 96.7 Å². The fourth-order valence-electron chi connectivity index (χ4n) is 10.8. The lowest BCUT2D eigenvalue weighted by Gasteiger charge is -2.40. The van der Waals surface area contributed by atoms with E-state index < -0.39 is 29.7 Å². The van der Waals surface area contributed by atoms with Gasteiger partial charge in [0.05, 0.1) is 41.2 Å². The van der Waals surface area contributed by atoms with Crippen LogP contribution in [0.2, 0.25) is 0 Å². The summed E-state index contributed by atoms with van der Waals surface area (Å²) in [4.78, 5) is 90.9. The number of nitrogens with one attached hydrogen (secondary N) is 1. The maximum absolute atomic E-state index is 14.5. The van der Waals surface area contributed by atoms with Crippen molar-refractivity contribution in [3.63, 3.8) is 0 Å². The number of anilines is 4. The molecule has 14 heteroatoms. The maximum atomic E-state index is 14.5. The highest BCUT2D eigenvalue weighted by molar-refractivity contribution is 6.23. The molecule has 61 heavy (non-hydrogen) atoms. The van der Waals surface area contributed by atoms with Crippen molar-refractivity contribution in [2.75, 3.05) is 58.9 Å². The van der Waals surface area contributed by atoms with Crippen LogP contribution < -0.4 is 24.9 Å². The first-order valence-electron chi connectivity index (χ1n) is 22.2. The van der Waals surface area contributed by atoms with Crippen LogP contribution in [0.3, 0.4) is 0 Å². The number of allylic oxidation sites excluding steroid dienone is 1. The van der Waals surface area contributed by atoms with Crippen LogP contribution in [0.4, 0.5) is 23.1 Å². The molecule has 4 fully saturated rings. The number of carbonyl (C=O) groups excluding carboxylic acids is 5. The molecule has 1 aromatic carbocycles. The van der Waals surface area contributed by atoms with Crippen molar-refractivity contribution >= 4 is 58.4 Å². The van der Waals surface area contributed by atoms with E-state index in [0.29, 0.717) is 42.0 Å².